The van der Waals surface area contributed by atoms with Crippen LogP contribution in [0.15, 0.2) is 55.4 Å². The van der Waals surface area contributed by atoms with Gasteiger partial charge in [-0.3, -0.25) is 18.9 Å². The lowest BCUT2D eigenvalue weighted by Gasteiger charge is -2.07. The smallest absolute Gasteiger partial charge is 0.333 e. The van der Waals surface area contributed by atoms with Crippen LogP contribution in [0.4, 0.5) is 5.69 Å². The van der Waals surface area contributed by atoms with Gasteiger partial charge in [-0.05, 0) is 24.3 Å². The van der Waals surface area contributed by atoms with Crippen LogP contribution in [0.2, 0.25) is 0 Å². The van der Waals surface area contributed by atoms with E-state index in [4.69, 9.17) is 9.52 Å². The summed E-state index contributed by atoms with van der Waals surface area (Å²) in [7, 11) is 2.70. The van der Waals surface area contributed by atoms with Crippen LogP contribution >= 0.6 is 0 Å². The van der Waals surface area contributed by atoms with E-state index in [1.54, 1.807) is 30.3 Å². The van der Waals surface area contributed by atoms with Crippen LogP contribution in [-0.4, -0.2) is 25.6 Å². The molecule has 2 aromatic heterocycles. The van der Waals surface area contributed by atoms with E-state index in [9.17, 15) is 14.7 Å². The fourth-order valence-electron chi connectivity index (χ4n) is 2.47. The molecule has 0 saturated heterocycles. The van der Waals surface area contributed by atoms with Crippen molar-refractivity contribution in [2.45, 2.75) is 6.61 Å². The largest absolute Gasteiger partial charge is 0.494 e. The van der Waals surface area contributed by atoms with Crippen LogP contribution < -0.4 is 11.2 Å². The van der Waals surface area contributed by atoms with Gasteiger partial charge in [0.15, 0.2) is 0 Å². The molecule has 134 valence electrons. The first kappa shape index (κ1) is 17.4. The molecule has 0 atom stereocenters. The van der Waals surface area contributed by atoms with Gasteiger partial charge in [0, 0.05) is 25.9 Å². The first-order chi connectivity index (χ1) is 12.4. The lowest BCUT2D eigenvalue weighted by atomic mass is 10.1. The Balaban J connectivity index is 1.99. The van der Waals surface area contributed by atoms with Gasteiger partial charge in [0.2, 0.25) is 5.88 Å². The van der Waals surface area contributed by atoms with Crippen molar-refractivity contribution in [3.05, 3.63) is 68.6 Å². The third kappa shape index (κ3) is 3.09. The number of hydrogen-bond acceptors (Lipinski definition) is 6. The van der Waals surface area contributed by atoms with Crippen molar-refractivity contribution in [1.29, 1.82) is 0 Å². The minimum Gasteiger partial charge on any atom is -0.494 e. The third-order valence-electron chi connectivity index (χ3n) is 3.96. The lowest BCUT2D eigenvalue weighted by molar-refractivity contribution is 0.248. The minimum absolute atomic E-state index is 0.0828. The first-order valence-corrected chi connectivity index (χ1v) is 7.75. The zero-order chi connectivity index (χ0) is 18.8. The molecule has 0 spiro atoms. The molecule has 8 nitrogen and oxygen atoms in total. The highest BCUT2D eigenvalue weighted by Crippen LogP contribution is 2.26. The van der Waals surface area contributed by atoms with Crippen LogP contribution in [0.5, 0.6) is 5.88 Å². The highest BCUT2D eigenvalue weighted by Gasteiger charge is 2.13. The summed E-state index contributed by atoms with van der Waals surface area (Å²) in [4.78, 5) is 28.1. The third-order valence-corrected chi connectivity index (χ3v) is 3.96. The molecule has 0 radical (unpaired) electrons. The van der Waals surface area contributed by atoms with Crippen LogP contribution in [0.1, 0.15) is 11.3 Å². The molecule has 0 aliphatic heterocycles. The SMILES string of the molecule is Cn1c(O)c(C=Nc2cccc(-c3ccc(CO)o3)c2)c(=O)n(C)c1=O. The molecule has 3 rings (SSSR count). The number of aromatic nitrogens is 2. The quantitative estimate of drug-likeness (QED) is 0.685. The summed E-state index contributed by atoms with van der Waals surface area (Å²) >= 11 is 0. The highest BCUT2D eigenvalue weighted by molar-refractivity contribution is 5.84. The summed E-state index contributed by atoms with van der Waals surface area (Å²) in [6, 6.07) is 10.5. The Kier molecular flexibility index (Phi) is 4.59. The van der Waals surface area contributed by atoms with E-state index >= 15 is 0 Å². The number of furan rings is 1. The van der Waals surface area contributed by atoms with Gasteiger partial charge in [0.25, 0.3) is 5.56 Å². The van der Waals surface area contributed by atoms with Crippen LogP contribution in [0.3, 0.4) is 0 Å². The van der Waals surface area contributed by atoms with Gasteiger partial charge in [-0.25, -0.2) is 4.79 Å². The number of benzene rings is 1. The summed E-state index contributed by atoms with van der Waals surface area (Å²) in [6.07, 6.45) is 1.22. The van der Waals surface area contributed by atoms with Gasteiger partial charge in [-0.1, -0.05) is 12.1 Å². The molecule has 26 heavy (non-hydrogen) atoms. The molecule has 1 aromatic carbocycles. The average molecular weight is 355 g/mol. The van der Waals surface area contributed by atoms with E-state index in [1.807, 2.05) is 6.07 Å². The molecule has 2 N–H and O–H groups in total. The zero-order valence-electron chi connectivity index (χ0n) is 14.2. The van der Waals surface area contributed by atoms with Gasteiger partial charge >= 0.3 is 5.69 Å². The molecule has 0 unspecified atom stereocenters. The highest BCUT2D eigenvalue weighted by atomic mass is 16.4. The summed E-state index contributed by atoms with van der Waals surface area (Å²) in [5.41, 5.74) is -0.0643. The molecule has 0 aliphatic carbocycles. The average Bonchev–Trinajstić information content (AvgIpc) is 3.14. The van der Waals surface area contributed by atoms with Gasteiger partial charge in [-0.15, -0.1) is 0 Å². The zero-order valence-corrected chi connectivity index (χ0v) is 14.2. The number of aliphatic imine (C=N–C) groups is 1. The molecular weight excluding hydrogens is 338 g/mol. The van der Waals surface area contributed by atoms with E-state index < -0.39 is 17.1 Å². The maximum Gasteiger partial charge on any atom is 0.333 e. The molecule has 0 aliphatic rings. The Labute approximate surface area is 147 Å². The van der Waals surface area contributed by atoms with Crippen molar-refractivity contribution in [1.82, 2.24) is 9.13 Å². The van der Waals surface area contributed by atoms with Crippen molar-refractivity contribution in [2.24, 2.45) is 19.1 Å². The van der Waals surface area contributed by atoms with Crippen molar-refractivity contribution in [2.75, 3.05) is 0 Å². The molecule has 0 saturated carbocycles. The second-order valence-corrected chi connectivity index (χ2v) is 5.68. The fraction of sp³-hybridized carbons (Fsp3) is 0.167. The monoisotopic (exact) mass is 355 g/mol. The van der Waals surface area contributed by atoms with E-state index in [0.29, 0.717) is 17.2 Å². The van der Waals surface area contributed by atoms with Crippen LogP contribution in [0, 0.1) is 0 Å². The maximum atomic E-state index is 12.2. The number of nitrogens with zero attached hydrogens (tertiary/aromatic N) is 3. The lowest BCUT2D eigenvalue weighted by Crippen LogP contribution is -2.38. The van der Waals surface area contributed by atoms with Crippen molar-refractivity contribution in [3.8, 4) is 17.2 Å². The van der Waals surface area contributed by atoms with Gasteiger partial charge in [0.05, 0.1) is 5.69 Å². The Bertz CT molecular complexity index is 1100. The molecule has 2 heterocycles. The Hall–Kier alpha value is -3.39. The summed E-state index contributed by atoms with van der Waals surface area (Å²) in [6.45, 7) is -0.187. The number of aliphatic hydroxyl groups is 1. The first-order valence-electron chi connectivity index (χ1n) is 7.75. The van der Waals surface area contributed by atoms with Gasteiger partial charge in [0.1, 0.15) is 23.7 Å². The van der Waals surface area contributed by atoms with E-state index in [1.165, 1.54) is 20.3 Å². The number of hydrogen-bond donors (Lipinski definition) is 2. The Morgan fingerprint density at radius 1 is 1.15 bits per heavy atom. The van der Waals surface area contributed by atoms with Crippen LogP contribution in [0.25, 0.3) is 11.3 Å². The van der Waals surface area contributed by atoms with Crippen molar-refractivity contribution >= 4 is 11.9 Å². The second-order valence-electron chi connectivity index (χ2n) is 5.68. The number of aliphatic hydroxyl groups excluding tert-OH is 1. The van der Waals surface area contributed by atoms with E-state index in [-0.39, 0.29) is 12.2 Å². The van der Waals surface area contributed by atoms with Gasteiger partial charge < -0.3 is 14.6 Å². The summed E-state index contributed by atoms with van der Waals surface area (Å²) in [5, 5.41) is 19.1. The minimum atomic E-state index is -0.635. The Morgan fingerprint density at radius 2 is 1.92 bits per heavy atom. The van der Waals surface area contributed by atoms with Crippen molar-refractivity contribution < 1.29 is 14.6 Å². The predicted octanol–water partition coefficient (Wildman–Crippen LogP) is 1.29. The molecule has 0 amide bonds. The topological polar surface area (TPSA) is 110 Å². The van der Waals surface area contributed by atoms with E-state index in [2.05, 4.69) is 4.99 Å². The normalized spacial score (nSPS) is 11.3. The van der Waals surface area contributed by atoms with Gasteiger partial charge in [-0.2, -0.15) is 0 Å². The van der Waals surface area contributed by atoms with E-state index in [0.717, 1.165) is 14.7 Å². The molecular formula is C18H17N3O5. The maximum absolute atomic E-state index is 12.2. The molecule has 0 bridgehead atoms. The molecule has 3 aromatic rings. The van der Waals surface area contributed by atoms with Crippen molar-refractivity contribution in [3.63, 3.8) is 0 Å². The molecule has 0 fully saturated rings. The Morgan fingerprint density at radius 3 is 2.62 bits per heavy atom. The number of aromatic hydroxyl groups is 1. The summed E-state index contributed by atoms with van der Waals surface area (Å²) in [5.74, 6) is 0.580. The number of rotatable bonds is 4. The molecule has 8 heteroatoms. The standard InChI is InChI=1S/C18H17N3O5/c1-20-16(23)14(17(24)21(2)18(20)25)9-19-12-5-3-4-11(8-12)15-7-6-13(10-22)26-15/h3-9,22-23H,10H2,1-2H3. The predicted molar refractivity (Wildman–Crippen MR) is 95.9 cm³/mol. The second kappa shape index (κ2) is 6.85. The fourth-order valence-corrected chi connectivity index (χ4v) is 2.47. The summed E-state index contributed by atoms with van der Waals surface area (Å²) < 4.78 is 7.36. The van der Waals surface area contributed by atoms with Crippen LogP contribution in [-0.2, 0) is 20.7 Å².